The number of H-pyrrole nitrogens is 1. The predicted octanol–water partition coefficient (Wildman–Crippen LogP) is 3.13. The average molecular weight is 365 g/mol. The number of nitrogens with zero attached hydrogens (tertiary/aromatic N) is 4. The van der Waals surface area contributed by atoms with Crippen LogP contribution in [0.15, 0.2) is 53.7 Å². The van der Waals surface area contributed by atoms with Gasteiger partial charge in [-0.1, -0.05) is 30.0 Å². The van der Waals surface area contributed by atoms with Crippen LogP contribution in [0.25, 0.3) is 16.6 Å². The Morgan fingerprint density at radius 3 is 2.77 bits per heavy atom. The molecule has 0 atom stereocenters. The smallest absolute Gasteiger partial charge is 0.214 e. The number of aromatic hydroxyl groups is 1. The third-order valence-electron chi connectivity index (χ3n) is 4.04. The summed E-state index contributed by atoms with van der Waals surface area (Å²) >= 11 is 1.28. The molecule has 4 aromatic rings. The van der Waals surface area contributed by atoms with E-state index in [1.54, 1.807) is 28.9 Å². The van der Waals surface area contributed by atoms with Crippen molar-refractivity contribution in [1.29, 1.82) is 0 Å². The number of aryl methyl sites for hydroxylation is 1. The van der Waals surface area contributed by atoms with Crippen molar-refractivity contribution in [2.45, 2.75) is 12.1 Å². The molecule has 2 aromatic heterocycles. The minimum absolute atomic E-state index is 0.0187. The van der Waals surface area contributed by atoms with Gasteiger partial charge in [0.05, 0.1) is 11.4 Å². The number of fused-ring (bicyclic) bond motifs is 1. The van der Waals surface area contributed by atoms with Crippen molar-refractivity contribution in [3.63, 3.8) is 0 Å². The third-order valence-corrected chi connectivity index (χ3v) is 4.96. The molecule has 8 heteroatoms. The number of tetrazole rings is 1. The van der Waals surface area contributed by atoms with Crippen molar-refractivity contribution < 1.29 is 9.90 Å². The summed E-state index contributed by atoms with van der Waals surface area (Å²) < 4.78 is 1.54. The van der Waals surface area contributed by atoms with E-state index in [1.165, 1.54) is 11.8 Å². The maximum Gasteiger partial charge on any atom is 0.214 e. The quantitative estimate of drug-likeness (QED) is 0.417. The van der Waals surface area contributed by atoms with Crippen molar-refractivity contribution in [1.82, 2.24) is 25.2 Å². The Bertz CT molecular complexity index is 1080. The highest BCUT2D eigenvalue weighted by molar-refractivity contribution is 7.99. The molecule has 26 heavy (non-hydrogen) atoms. The standard InChI is InChI=1S/C18H15N5O2S/c1-11-17(14-4-2-3-5-15(14)19-11)16(25)10-26-18-20-21-22-23(18)12-6-8-13(24)9-7-12/h2-9,19,24H,10H2,1H3. The van der Waals surface area contributed by atoms with Gasteiger partial charge in [-0.2, -0.15) is 4.68 Å². The number of rotatable bonds is 5. The molecule has 2 N–H and O–H groups in total. The topological polar surface area (TPSA) is 96.7 Å². The van der Waals surface area contributed by atoms with Crippen LogP contribution < -0.4 is 0 Å². The molecule has 0 radical (unpaired) electrons. The summed E-state index contributed by atoms with van der Waals surface area (Å²) in [5.41, 5.74) is 3.23. The summed E-state index contributed by atoms with van der Waals surface area (Å²) in [6.07, 6.45) is 0. The predicted molar refractivity (Wildman–Crippen MR) is 98.9 cm³/mol. The Balaban J connectivity index is 1.56. The second kappa shape index (κ2) is 6.64. The molecule has 0 aliphatic heterocycles. The zero-order valence-electron chi connectivity index (χ0n) is 13.9. The molecule has 0 spiro atoms. The number of aromatic amines is 1. The zero-order valence-corrected chi connectivity index (χ0v) is 14.7. The first-order chi connectivity index (χ1) is 12.6. The number of ketones is 1. The lowest BCUT2D eigenvalue weighted by Crippen LogP contribution is -2.06. The molecule has 0 saturated carbocycles. The van der Waals surface area contributed by atoms with Crippen molar-refractivity contribution in [2.75, 3.05) is 5.75 Å². The first-order valence-electron chi connectivity index (χ1n) is 7.94. The molecule has 130 valence electrons. The maximum absolute atomic E-state index is 12.8. The largest absolute Gasteiger partial charge is 0.508 e. The highest BCUT2D eigenvalue weighted by atomic mass is 32.2. The Labute approximate surface area is 153 Å². The van der Waals surface area contributed by atoms with E-state index >= 15 is 0 Å². The lowest BCUT2D eigenvalue weighted by Gasteiger charge is -2.04. The van der Waals surface area contributed by atoms with Crippen LogP contribution in [-0.4, -0.2) is 41.8 Å². The van der Waals surface area contributed by atoms with Crippen LogP contribution in [0, 0.1) is 6.92 Å². The van der Waals surface area contributed by atoms with Crippen LogP contribution in [0.4, 0.5) is 0 Å². The number of hydrogen-bond acceptors (Lipinski definition) is 6. The minimum atomic E-state index is 0.0187. The number of aromatic nitrogens is 5. The van der Waals surface area contributed by atoms with Crippen molar-refractivity contribution in [3.05, 3.63) is 59.8 Å². The average Bonchev–Trinajstić information content (AvgIpc) is 3.23. The SMILES string of the molecule is Cc1[nH]c2ccccc2c1C(=O)CSc1nnnn1-c1ccc(O)cc1. The van der Waals surface area contributed by atoms with Gasteiger partial charge in [0.1, 0.15) is 5.75 Å². The molecule has 0 amide bonds. The Morgan fingerprint density at radius 2 is 1.96 bits per heavy atom. The highest BCUT2D eigenvalue weighted by Crippen LogP contribution is 2.25. The molecule has 7 nitrogen and oxygen atoms in total. The number of hydrogen-bond donors (Lipinski definition) is 2. The van der Waals surface area contributed by atoms with Crippen LogP contribution in [-0.2, 0) is 0 Å². The Kier molecular flexibility index (Phi) is 4.18. The number of Topliss-reactive ketones (excluding diaryl/α,β-unsaturated/α-hetero) is 1. The van der Waals surface area contributed by atoms with Gasteiger partial charge in [-0.15, -0.1) is 5.10 Å². The molecule has 2 heterocycles. The van der Waals surface area contributed by atoms with E-state index in [2.05, 4.69) is 20.5 Å². The highest BCUT2D eigenvalue weighted by Gasteiger charge is 2.18. The summed E-state index contributed by atoms with van der Waals surface area (Å²) in [6.45, 7) is 1.90. The van der Waals surface area contributed by atoms with Gasteiger partial charge in [0, 0.05) is 22.2 Å². The fraction of sp³-hybridized carbons (Fsp3) is 0.111. The normalized spacial score (nSPS) is 11.1. The number of para-hydroxylation sites is 1. The monoisotopic (exact) mass is 365 g/mol. The summed E-state index contributed by atoms with van der Waals surface area (Å²) in [7, 11) is 0. The van der Waals surface area contributed by atoms with E-state index < -0.39 is 0 Å². The van der Waals surface area contributed by atoms with Gasteiger partial charge in [0.25, 0.3) is 0 Å². The molecule has 0 saturated heterocycles. The van der Waals surface area contributed by atoms with Gasteiger partial charge in [-0.25, -0.2) is 0 Å². The number of carbonyl (C=O) groups excluding carboxylic acids is 1. The molecule has 0 aliphatic carbocycles. The number of phenols is 1. The maximum atomic E-state index is 12.8. The molecular weight excluding hydrogens is 350 g/mol. The van der Waals surface area contributed by atoms with Crippen LogP contribution >= 0.6 is 11.8 Å². The number of carbonyl (C=O) groups is 1. The Hall–Kier alpha value is -3.13. The van der Waals surface area contributed by atoms with Crippen LogP contribution in [0.1, 0.15) is 16.1 Å². The lowest BCUT2D eigenvalue weighted by molar-refractivity contribution is 0.102. The van der Waals surface area contributed by atoms with Gasteiger partial charge in [0.2, 0.25) is 5.16 Å². The molecule has 0 unspecified atom stereocenters. The second-order valence-electron chi connectivity index (χ2n) is 5.77. The first kappa shape index (κ1) is 16.3. The first-order valence-corrected chi connectivity index (χ1v) is 8.93. The molecule has 2 aromatic carbocycles. The van der Waals surface area contributed by atoms with E-state index in [0.717, 1.165) is 16.6 Å². The van der Waals surface area contributed by atoms with Gasteiger partial charge in [0.15, 0.2) is 5.78 Å². The molecular formula is C18H15N5O2S. The fourth-order valence-electron chi connectivity index (χ4n) is 2.86. The third kappa shape index (κ3) is 2.95. The van der Waals surface area contributed by atoms with E-state index in [9.17, 15) is 9.90 Å². The van der Waals surface area contributed by atoms with E-state index in [4.69, 9.17) is 0 Å². The van der Waals surface area contributed by atoms with Crippen LogP contribution in [0.2, 0.25) is 0 Å². The lowest BCUT2D eigenvalue weighted by atomic mass is 10.1. The van der Waals surface area contributed by atoms with Gasteiger partial charge in [-0.05, 0) is 47.7 Å². The summed E-state index contributed by atoms with van der Waals surface area (Å²) in [5, 5.41) is 22.5. The number of thioether (sulfide) groups is 1. The minimum Gasteiger partial charge on any atom is -0.508 e. The molecule has 4 rings (SSSR count). The van der Waals surface area contributed by atoms with Crippen molar-refractivity contribution in [3.8, 4) is 11.4 Å². The second-order valence-corrected chi connectivity index (χ2v) is 6.71. The number of phenolic OH excluding ortho intramolecular Hbond substituents is 1. The summed E-state index contributed by atoms with van der Waals surface area (Å²) in [5.74, 6) is 0.410. The molecule has 0 bridgehead atoms. The van der Waals surface area contributed by atoms with Crippen LogP contribution in [0.5, 0.6) is 5.75 Å². The van der Waals surface area contributed by atoms with Crippen molar-refractivity contribution in [2.24, 2.45) is 0 Å². The van der Waals surface area contributed by atoms with E-state index in [0.29, 0.717) is 16.4 Å². The molecule has 0 aliphatic rings. The van der Waals surface area contributed by atoms with Gasteiger partial charge >= 0.3 is 0 Å². The molecule has 0 fully saturated rings. The van der Waals surface area contributed by atoms with Gasteiger partial charge < -0.3 is 10.1 Å². The van der Waals surface area contributed by atoms with E-state index in [-0.39, 0.29) is 17.3 Å². The summed E-state index contributed by atoms with van der Waals surface area (Å²) in [4.78, 5) is 16.0. The van der Waals surface area contributed by atoms with Crippen molar-refractivity contribution >= 4 is 28.4 Å². The fourth-order valence-corrected chi connectivity index (χ4v) is 3.63. The van der Waals surface area contributed by atoms with Crippen LogP contribution in [0.3, 0.4) is 0 Å². The Morgan fingerprint density at radius 1 is 1.19 bits per heavy atom. The number of nitrogens with one attached hydrogen (secondary N) is 1. The number of benzene rings is 2. The summed E-state index contributed by atoms with van der Waals surface area (Å²) in [6, 6.07) is 14.3. The van der Waals surface area contributed by atoms with E-state index in [1.807, 2.05) is 31.2 Å². The zero-order chi connectivity index (χ0) is 18.1. The van der Waals surface area contributed by atoms with Gasteiger partial charge in [-0.3, -0.25) is 4.79 Å².